The Morgan fingerprint density at radius 2 is 1.72 bits per heavy atom. The first-order valence-corrected chi connectivity index (χ1v) is 15.8. The molecule has 0 spiro atoms. The van der Waals surface area contributed by atoms with E-state index in [1.54, 1.807) is 36.5 Å². The van der Waals surface area contributed by atoms with Crippen LogP contribution in [-0.2, 0) is 14.6 Å². The van der Waals surface area contributed by atoms with E-state index in [0.29, 0.717) is 0 Å². The summed E-state index contributed by atoms with van der Waals surface area (Å²) >= 11 is 3.60. The molecule has 2 unspecified atom stereocenters. The summed E-state index contributed by atoms with van der Waals surface area (Å²) < 4.78 is 28.0. The number of carbonyl (C=O) groups is 1. The van der Waals surface area contributed by atoms with Crippen molar-refractivity contribution >= 4 is 42.8 Å². The average Bonchev–Trinajstić information content (AvgIpc) is 3.15. The molecule has 1 saturated carbocycles. The summed E-state index contributed by atoms with van der Waals surface area (Å²) in [6.45, 7) is 6.59. The first kappa shape index (κ1) is 27.5. The fourth-order valence-corrected chi connectivity index (χ4v) is 7.15. The summed E-state index contributed by atoms with van der Waals surface area (Å²) in [5.41, 5.74) is 5.75. The summed E-state index contributed by atoms with van der Waals surface area (Å²) in [6.07, 6.45) is 5.97. The van der Waals surface area contributed by atoms with Crippen LogP contribution in [0.1, 0.15) is 49.8 Å². The molecular weight excluding hydrogens is 574 g/mol. The molecule has 2 heterocycles. The first-order chi connectivity index (χ1) is 18.7. The molecule has 5 rings (SSSR count). The zero-order valence-corrected chi connectivity index (χ0v) is 24.4. The molecule has 2 atom stereocenters. The van der Waals surface area contributed by atoms with E-state index in [9.17, 15) is 13.2 Å². The van der Waals surface area contributed by atoms with Crippen LogP contribution in [0.25, 0.3) is 22.5 Å². The highest BCUT2D eigenvalue weighted by Gasteiger charge is 2.28. The van der Waals surface area contributed by atoms with Gasteiger partial charge in [-0.1, -0.05) is 55.5 Å². The van der Waals surface area contributed by atoms with Crippen molar-refractivity contribution in [1.29, 1.82) is 0 Å². The molecule has 0 amide bonds. The number of benzene rings is 2. The third-order valence-corrected chi connectivity index (χ3v) is 10.1. The lowest BCUT2D eigenvalue weighted by atomic mass is 9.88. The fourth-order valence-electron chi connectivity index (χ4n) is 5.53. The van der Waals surface area contributed by atoms with E-state index >= 15 is 0 Å². The van der Waals surface area contributed by atoms with Gasteiger partial charge in [-0.3, -0.25) is 4.79 Å². The van der Waals surface area contributed by atoms with E-state index in [1.807, 2.05) is 16.6 Å². The third kappa shape index (κ3) is 5.92. The summed E-state index contributed by atoms with van der Waals surface area (Å²) in [5.74, 6) is -0.0143. The number of fused-ring (bicyclic) bond motifs is 1. The minimum Gasteiger partial charge on any atom is -0.299 e. The normalized spacial score (nSPS) is 18.1. The Labute approximate surface area is 238 Å². The maximum absolute atomic E-state index is 13.1. The Hall–Kier alpha value is -3.10. The Balaban J connectivity index is 1.31. The molecular formula is C31H32BrN3O3S. The predicted octanol–water partition coefficient (Wildman–Crippen LogP) is 7.11. The zero-order chi connectivity index (χ0) is 27.6. The minimum absolute atomic E-state index is 0.0462. The number of hydrogen-bond acceptors (Lipinski definition) is 5. The largest absolute Gasteiger partial charge is 0.299 e. The molecule has 6 nitrogen and oxygen atoms in total. The van der Waals surface area contributed by atoms with Crippen LogP contribution in [0.5, 0.6) is 0 Å². The number of hydrogen-bond donors (Lipinski definition) is 0. The van der Waals surface area contributed by atoms with E-state index in [-0.39, 0.29) is 34.7 Å². The number of nitrogens with zero attached hydrogens (tertiary/aromatic N) is 3. The summed E-state index contributed by atoms with van der Waals surface area (Å²) in [6, 6.07) is 18.6. The van der Waals surface area contributed by atoms with Gasteiger partial charge < -0.3 is 0 Å². The molecule has 202 valence electrons. The summed E-state index contributed by atoms with van der Waals surface area (Å²) in [4.78, 5) is 18.2. The van der Waals surface area contributed by atoms with Crippen LogP contribution in [0.2, 0.25) is 0 Å². The van der Waals surface area contributed by atoms with Gasteiger partial charge in [0.25, 0.3) is 0 Å². The van der Waals surface area contributed by atoms with Crippen molar-refractivity contribution in [2.45, 2.75) is 50.3 Å². The van der Waals surface area contributed by atoms with Gasteiger partial charge >= 0.3 is 0 Å². The molecule has 1 aliphatic carbocycles. The number of aryl methyl sites for hydroxylation is 1. The molecule has 1 fully saturated rings. The van der Waals surface area contributed by atoms with Crippen molar-refractivity contribution in [1.82, 2.24) is 14.6 Å². The number of allylic oxidation sites excluding steroid dienone is 1. The Kier molecular flexibility index (Phi) is 8.14. The van der Waals surface area contributed by atoms with Crippen molar-refractivity contribution in [3.8, 4) is 11.3 Å². The minimum atomic E-state index is -3.47. The molecule has 0 N–H and O–H groups in total. The van der Waals surface area contributed by atoms with Gasteiger partial charge in [-0.15, -0.1) is 0 Å². The van der Waals surface area contributed by atoms with Crippen molar-refractivity contribution in [2.24, 2.45) is 11.8 Å². The van der Waals surface area contributed by atoms with Gasteiger partial charge in [0, 0.05) is 17.9 Å². The molecule has 0 aliphatic heterocycles. The van der Waals surface area contributed by atoms with Crippen LogP contribution in [0.15, 0.2) is 82.8 Å². The molecule has 0 saturated heterocycles. The predicted molar refractivity (Wildman–Crippen MR) is 158 cm³/mol. The molecule has 8 heteroatoms. The lowest BCUT2D eigenvalue weighted by molar-refractivity contribution is -0.122. The fraction of sp³-hybridized carbons (Fsp3) is 0.323. The number of Topliss-reactive ketones (excluding diaryl/α,β-unsaturated/α-hetero) is 1. The van der Waals surface area contributed by atoms with Crippen LogP contribution in [0.3, 0.4) is 0 Å². The molecule has 2 aromatic carbocycles. The Morgan fingerprint density at radius 3 is 2.49 bits per heavy atom. The second-order valence-corrected chi connectivity index (χ2v) is 13.3. The quantitative estimate of drug-likeness (QED) is 0.200. The molecule has 4 aromatic rings. The second kappa shape index (κ2) is 11.6. The summed E-state index contributed by atoms with van der Waals surface area (Å²) in [5, 5.41) is 4.57. The molecule has 39 heavy (non-hydrogen) atoms. The SMILES string of the molecule is C=C(c1cc(-c2ccccc2C)nc2c(Br)cnn12)C1CCCC(C(=O)CCS(=O)(=O)c2ccccc2)CC1. The third-order valence-electron chi connectivity index (χ3n) is 7.82. The number of carbonyl (C=O) groups excluding carboxylic acids is 1. The lowest BCUT2D eigenvalue weighted by Crippen LogP contribution is -2.18. The topological polar surface area (TPSA) is 81.4 Å². The van der Waals surface area contributed by atoms with Crippen LogP contribution >= 0.6 is 15.9 Å². The van der Waals surface area contributed by atoms with Gasteiger partial charge in [0.2, 0.25) is 0 Å². The van der Waals surface area contributed by atoms with E-state index in [4.69, 9.17) is 4.98 Å². The monoisotopic (exact) mass is 605 g/mol. The van der Waals surface area contributed by atoms with Crippen LogP contribution in [-0.4, -0.2) is 34.6 Å². The van der Waals surface area contributed by atoms with E-state index in [0.717, 1.165) is 70.3 Å². The maximum Gasteiger partial charge on any atom is 0.178 e. The number of ketones is 1. The molecule has 0 bridgehead atoms. The van der Waals surface area contributed by atoms with Gasteiger partial charge in [-0.25, -0.2) is 17.9 Å². The van der Waals surface area contributed by atoms with Crippen LogP contribution in [0.4, 0.5) is 0 Å². The van der Waals surface area contributed by atoms with Crippen molar-refractivity contribution < 1.29 is 13.2 Å². The van der Waals surface area contributed by atoms with Crippen LogP contribution in [0, 0.1) is 18.8 Å². The summed E-state index contributed by atoms with van der Waals surface area (Å²) in [7, 11) is -3.47. The Morgan fingerprint density at radius 1 is 1.03 bits per heavy atom. The van der Waals surface area contributed by atoms with Crippen molar-refractivity contribution in [3.05, 3.63) is 89.2 Å². The van der Waals surface area contributed by atoms with Crippen molar-refractivity contribution in [3.63, 3.8) is 0 Å². The van der Waals surface area contributed by atoms with Gasteiger partial charge in [-0.2, -0.15) is 5.10 Å². The second-order valence-electron chi connectivity index (χ2n) is 10.3. The standard InChI is InChI=1S/C31H32BrN3O3S/c1-21-9-6-7-14-26(21)28-19-29(35-31(34-28)27(32)20-33-35)22(2)23-10-8-11-24(16-15-23)30(36)17-18-39(37,38)25-12-4-3-5-13-25/h3-7,9,12-14,19-20,23-24H,2,8,10-11,15-18H2,1H3. The molecule has 0 radical (unpaired) electrons. The number of sulfone groups is 1. The smallest absolute Gasteiger partial charge is 0.178 e. The molecule has 1 aliphatic rings. The van der Waals surface area contributed by atoms with E-state index in [2.05, 4.69) is 52.7 Å². The maximum atomic E-state index is 13.1. The first-order valence-electron chi connectivity index (χ1n) is 13.3. The highest BCUT2D eigenvalue weighted by molar-refractivity contribution is 9.10. The van der Waals surface area contributed by atoms with Gasteiger partial charge in [0.1, 0.15) is 5.78 Å². The highest BCUT2D eigenvalue weighted by atomic mass is 79.9. The lowest BCUT2D eigenvalue weighted by Gasteiger charge is -2.19. The zero-order valence-electron chi connectivity index (χ0n) is 22.0. The number of halogens is 1. The van der Waals surface area contributed by atoms with Gasteiger partial charge in [-0.05, 0) is 83.8 Å². The number of aromatic nitrogens is 3. The number of rotatable bonds is 8. The van der Waals surface area contributed by atoms with E-state index in [1.165, 1.54) is 0 Å². The van der Waals surface area contributed by atoms with E-state index < -0.39 is 9.84 Å². The van der Waals surface area contributed by atoms with Crippen LogP contribution < -0.4 is 0 Å². The highest BCUT2D eigenvalue weighted by Crippen LogP contribution is 2.38. The van der Waals surface area contributed by atoms with Crippen molar-refractivity contribution in [2.75, 3.05) is 5.75 Å². The van der Waals surface area contributed by atoms with Gasteiger partial charge in [0.15, 0.2) is 15.5 Å². The van der Waals surface area contributed by atoms with Gasteiger partial charge in [0.05, 0.1) is 32.7 Å². The molecule has 2 aromatic heterocycles. The Bertz CT molecular complexity index is 1630. The average molecular weight is 607 g/mol.